The van der Waals surface area contributed by atoms with Crippen molar-refractivity contribution in [3.63, 3.8) is 0 Å². The molecule has 0 atom stereocenters. The Balaban J connectivity index is 2.13. The second-order valence-corrected chi connectivity index (χ2v) is 6.14. The highest BCUT2D eigenvalue weighted by Crippen LogP contribution is 2.26. The van der Waals surface area contributed by atoms with E-state index >= 15 is 0 Å². The second-order valence-electron chi connectivity index (χ2n) is 5.28. The van der Waals surface area contributed by atoms with Gasteiger partial charge in [-0.15, -0.1) is 11.3 Å². The molecule has 2 aromatic rings. The van der Waals surface area contributed by atoms with Gasteiger partial charge in [0.25, 0.3) is 5.91 Å². The summed E-state index contributed by atoms with van der Waals surface area (Å²) >= 11 is 1.40. The fourth-order valence-corrected chi connectivity index (χ4v) is 2.36. The van der Waals surface area contributed by atoms with E-state index in [0.717, 1.165) is 5.69 Å². The molecule has 106 valence electrons. The van der Waals surface area contributed by atoms with Crippen molar-refractivity contribution in [2.24, 2.45) is 0 Å². The van der Waals surface area contributed by atoms with Crippen LogP contribution in [0, 0.1) is 0 Å². The van der Waals surface area contributed by atoms with Crippen molar-refractivity contribution < 1.29 is 4.79 Å². The first-order chi connectivity index (χ1) is 9.40. The third kappa shape index (κ3) is 3.30. The summed E-state index contributed by atoms with van der Waals surface area (Å²) in [6.07, 6.45) is 2.98. The van der Waals surface area contributed by atoms with E-state index in [1.54, 1.807) is 13.2 Å². The molecule has 1 amide bonds. The molecule has 0 aliphatic heterocycles. The van der Waals surface area contributed by atoms with Crippen LogP contribution in [-0.4, -0.2) is 27.9 Å². The SMILES string of the molecule is CNc1cncc(C(=O)Nc2nc(C(C)(C)C)cs2)n1. The number of rotatable bonds is 3. The Hall–Kier alpha value is -2.02. The largest absolute Gasteiger partial charge is 0.372 e. The lowest BCUT2D eigenvalue weighted by Crippen LogP contribution is -2.16. The number of anilines is 2. The third-order valence-corrected chi connectivity index (χ3v) is 3.37. The Morgan fingerprint density at radius 3 is 2.60 bits per heavy atom. The van der Waals surface area contributed by atoms with Crippen LogP contribution >= 0.6 is 11.3 Å². The summed E-state index contributed by atoms with van der Waals surface area (Å²) in [4.78, 5) is 24.6. The number of hydrogen-bond acceptors (Lipinski definition) is 6. The monoisotopic (exact) mass is 291 g/mol. The van der Waals surface area contributed by atoms with Crippen LogP contribution in [0.3, 0.4) is 0 Å². The maximum Gasteiger partial charge on any atom is 0.277 e. The number of carbonyl (C=O) groups is 1. The number of amides is 1. The standard InChI is InChI=1S/C13H17N5OS/c1-13(2,3)9-7-20-12(17-9)18-11(19)8-5-15-6-10(14-4)16-8/h5-7H,1-4H3,(H,14,16)(H,17,18,19). The molecule has 0 radical (unpaired) electrons. The molecule has 2 N–H and O–H groups in total. The highest BCUT2D eigenvalue weighted by atomic mass is 32.1. The second kappa shape index (κ2) is 5.54. The fourth-order valence-electron chi connectivity index (χ4n) is 1.43. The molecule has 2 aromatic heterocycles. The van der Waals surface area contributed by atoms with Crippen molar-refractivity contribution in [2.45, 2.75) is 26.2 Å². The smallest absolute Gasteiger partial charge is 0.277 e. The molecule has 7 heteroatoms. The number of aromatic nitrogens is 3. The highest BCUT2D eigenvalue weighted by molar-refractivity contribution is 7.14. The van der Waals surface area contributed by atoms with E-state index < -0.39 is 0 Å². The average Bonchev–Trinajstić information content (AvgIpc) is 2.87. The molecule has 0 aliphatic carbocycles. The van der Waals surface area contributed by atoms with Gasteiger partial charge in [0.15, 0.2) is 5.13 Å². The topological polar surface area (TPSA) is 79.8 Å². The maximum absolute atomic E-state index is 12.1. The molecule has 0 fully saturated rings. The summed E-state index contributed by atoms with van der Waals surface area (Å²) < 4.78 is 0. The van der Waals surface area contributed by atoms with Gasteiger partial charge in [-0.2, -0.15) is 0 Å². The molecule has 0 saturated heterocycles. The zero-order chi connectivity index (χ0) is 14.8. The van der Waals surface area contributed by atoms with Crippen LogP contribution in [0.15, 0.2) is 17.8 Å². The normalized spacial score (nSPS) is 11.2. The van der Waals surface area contributed by atoms with Crippen molar-refractivity contribution in [3.8, 4) is 0 Å². The molecule has 0 unspecified atom stereocenters. The van der Waals surface area contributed by atoms with Gasteiger partial charge in [0.05, 0.1) is 18.1 Å². The van der Waals surface area contributed by atoms with Crippen molar-refractivity contribution in [1.29, 1.82) is 0 Å². The predicted octanol–water partition coefficient (Wildman–Crippen LogP) is 2.52. The van der Waals surface area contributed by atoms with E-state index in [1.807, 2.05) is 5.38 Å². The maximum atomic E-state index is 12.1. The van der Waals surface area contributed by atoms with Gasteiger partial charge in [-0.1, -0.05) is 20.8 Å². The van der Waals surface area contributed by atoms with Crippen LogP contribution in [0.5, 0.6) is 0 Å². The summed E-state index contributed by atoms with van der Waals surface area (Å²) in [5.41, 5.74) is 1.17. The minimum Gasteiger partial charge on any atom is -0.372 e. The number of nitrogens with zero attached hydrogens (tertiary/aromatic N) is 3. The van der Waals surface area contributed by atoms with Gasteiger partial charge in [-0.25, -0.2) is 9.97 Å². The number of nitrogens with one attached hydrogen (secondary N) is 2. The van der Waals surface area contributed by atoms with Gasteiger partial charge >= 0.3 is 0 Å². The van der Waals surface area contributed by atoms with Gasteiger partial charge in [-0.05, 0) is 0 Å². The molecule has 0 aromatic carbocycles. The van der Waals surface area contributed by atoms with Crippen LogP contribution in [0.4, 0.5) is 10.9 Å². The molecule has 2 heterocycles. The Morgan fingerprint density at radius 2 is 2.00 bits per heavy atom. The first-order valence-corrected chi connectivity index (χ1v) is 7.05. The van der Waals surface area contributed by atoms with Crippen molar-refractivity contribution in [2.75, 3.05) is 17.7 Å². The lowest BCUT2D eigenvalue weighted by molar-refractivity contribution is 0.102. The Labute approximate surface area is 121 Å². The van der Waals surface area contributed by atoms with E-state index in [-0.39, 0.29) is 17.0 Å². The van der Waals surface area contributed by atoms with E-state index in [1.165, 1.54) is 17.5 Å². The zero-order valence-corrected chi connectivity index (χ0v) is 12.7. The van der Waals surface area contributed by atoms with Crippen molar-refractivity contribution in [1.82, 2.24) is 15.0 Å². The highest BCUT2D eigenvalue weighted by Gasteiger charge is 2.18. The Bertz CT molecular complexity index is 617. The van der Waals surface area contributed by atoms with Gasteiger partial charge in [0.2, 0.25) is 0 Å². The first kappa shape index (κ1) is 14.4. The predicted molar refractivity (Wildman–Crippen MR) is 80.3 cm³/mol. The molecule has 0 saturated carbocycles. The number of hydrogen-bond donors (Lipinski definition) is 2. The van der Waals surface area contributed by atoms with Gasteiger partial charge in [0.1, 0.15) is 11.5 Å². The van der Waals surface area contributed by atoms with Crippen molar-refractivity contribution in [3.05, 3.63) is 29.2 Å². The molecule has 0 spiro atoms. The molecule has 0 aliphatic rings. The summed E-state index contributed by atoms with van der Waals surface area (Å²) in [6.45, 7) is 6.24. The third-order valence-electron chi connectivity index (χ3n) is 2.62. The summed E-state index contributed by atoms with van der Waals surface area (Å²) in [5, 5.41) is 8.10. The lowest BCUT2D eigenvalue weighted by Gasteiger charge is -2.14. The van der Waals surface area contributed by atoms with Crippen LogP contribution < -0.4 is 10.6 Å². The minimum absolute atomic E-state index is 0.0364. The summed E-state index contributed by atoms with van der Waals surface area (Å²) in [6, 6.07) is 0. The zero-order valence-electron chi connectivity index (χ0n) is 11.9. The minimum atomic E-state index is -0.315. The Kier molecular flexibility index (Phi) is 3.99. The van der Waals surface area contributed by atoms with Crippen LogP contribution in [-0.2, 0) is 5.41 Å². The molecular weight excluding hydrogens is 274 g/mol. The first-order valence-electron chi connectivity index (χ1n) is 6.17. The number of carbonyl (C=O) groups excluding carboxylic acids is 1. The van der Waals surface area contributed by atoms with Crippen LogP contribution in [0.1, 0.15) is 37.0 Å². The van der Waals surface area contributed by atoms with E-state index in [9.17, 15) is 4.79 Å². The van der Waals surface area contributed by atoms with Crippen molar-refractivity contribution >= 4 is 28.2 Å². The molecule has 0 bridgehead atoms. The van der Waals surface area contributed by atoms with Crippen LogP contribution in [0.25, 0.3) is 0 Å². The van der Waals surface area contributed by atoms with E-state index in [4.69, 9.17) is 0 Å². The molecule has 2 rings (SSSR count). The van der Waals surface area contributed by atoms with Gasteiger partial charge < -0.3 is 5.32 Å². The van der Waals surface area contributed by atoms with Crippen LogP contribution in [0.2, 0.25) is 0 Å². The quantitative estimate of drug-likeness (QED) is 0.908. The van der Waals surface area contributed by atoms with Gasteiger partial charge in [0, 0.05) is 17.8 Å². The average molecular weight is 291 g/mol. The van der Waals surface area contributed by atoms with E-state index in [2.05, 4.69) is 46.4 Å². The fraction of sp³-hybridized carbons (Fsp3) is 0.385. The van der Waals surface area contributed by atoms with E-state index in [0.29, 0.717) is 10.9 Å². The molecule has 20 heavy (non-hydrogen) atoms. The Morgan fingerprint density at radius 1 is 1.25 bits per heavy atom. The van der Waals surface area contributed by atoms with Gasteiger partial charge in [-0.3, -0.25) is 15.1 Å². The number of thiazole rings is 1. The summed E-state index contributed by atoms with van der Waals surface area (Å²) in [7, 11) is 1.72. The molecule has 6 nitrogen and oxygen atoms in total. The lowest BCUT2D eigenvalue weighted by atomic mass is 9.93. The molecular formula is C13H17N5OS. The summed E-state index contributed by atoms with van der Waals surface area (Å²) in [5.74, 6) is 0.233.